The molecule has 0 radical (unpaired) electrons. The number of amides is 1. The van der Waals surface area contributed by atoms with E-state index in [9.17, 15) is 9.18 Å². The number of hydrogen-bond acceptors (Lipinski definition) is 3. The Morgan fingerprint density at radius 3 is 2.59 bits per heavy atom. The van der Waals surface area contributed by atoms with Crippen molar-refractivity contribution in [2.45, 2.75) is 13.8 Å². The summed E-state index contributed by atoms with van der Waals surface area (Å²) in [5, 5.41) is 20.3. The quantitative estimate of drug-likeness (QED) is 0.642. The Morgan fingerprint density at radius 2 is 2.12 bits per heavy atom. The largest absolute Gasteiger partial charge is 0.488 e. The summed E-state index contributed by atoms with van der Waals surface area (Å²) >= 11 is 0. The summed E-state index contributed by atoms with van der Waals surface area (Å²) in [6.07, 6.45) is 0. The maximum absolute atomic E-state index is 13.5. The molecule has 0 unspecified atom stereocenters. The molecule has 0 atom stereocenters. The summed E-state index contributed by atoms with van der Waals surface area (Å²) in [6, 6.07) is 3.48. The molecule has 0 aliphatic carbocycles. The molecule has 4 nitrogen and oxygen atoms in total. The molecule has 0 aliphatic rings. The topological polar surface area (TPSA) is 69.6 Å². The van der Waals surface area contributed by atoms with Gasteiger partial charge in [0.1, 0.15) is 5.82 Å². The van der Waals surface area contributed by atoms with Crippen LogP contribution in [0.25, 0.3) is 0 Å². The number of benzene rings is 1. The first-order valence-electron chi connectivity index (χ1n) is 5.35. The molecule has 0 saturated heterocycles. The van der Waals surface area contributed by atoms with Crippen LogP contribution in [0.15, 0.2) is 18.2 Å². The molecule has 1 rings (SSSR count). The van der Waals surface area contributed by atoms with E-state index in [-0.39, 0.29) is 16.9 Å². The fraction of sp³-hybridized carbons (Fsp3) is 0.364. The van der Waals surface area contributed by atoms with E-state index in [0.29, 0.717) is 6.54 Å². The van der Waals surface area contributed by atoms with Crippen molar-refractivity contribution in [3.8, 4) is 0 Å². The highest BCUT2D eigenvalue weighted by Gasteiger charge is 2.16. The summed E-state index contributed by atoms with van der Waals surface area (Å²) in [5.74, 6) is -0.993. The summed E-state index contributed by atoms with van der Waals surface area (Å²) in [7, 11) is -1.74. The van der Waals surface area contributed by atoms with Gasteiger partial charge in [0.15, 0.2) is 0 Å². The van der Waals surface area contributed by atoms with Gasteiger partial charge in [-0.05, 0) is 23.5 Å². The number of nitrogens with one attached hydrogen (secondary N) is 1. The van der Waals surface area contributed by atoms with Crippen LogP contribution in [0.3, 0.4) is 0 Å². The second-order valence-corrected chi connectivity index (χ2v) is 4.22. The van der Waals surface area contributed by atoms with Gasteiger partial charge < -0.3 is 15.4 Å². The highest BCUT2D eigenvalue weighted by molar-refractivity contribution is 6.58. The zero-order chi connectivity index (χ0) is 13.0. The van der Waals surface area contributed by atoms with Crippen molar-refractivity contribution in [3.05, 3.63) is 29.6 Å². The molecule has 0 bridgehead atoms. The van der Waals surface area contributed by atoms with Crippen molar-refractivity contribution in [1.82, 2.24) is 5.32 Å². The summed E-state index contributed by atoms with van der Waals surface area (Å²) in [4.78, 5) is 11.6. The average molecular weight is 239 g/mol. The van der Waals surface area contributed by atoms with Gasteiger partial charge in [-0.25, -0.2) is 4.39 Å². The third-order valence-electron chi connectivity index (χ3n) is 2.21. The second-order valence-electron chi connectivity index (χ2n) is 4.22. The summed E-state index contributed by atoms with van der Waals surface area (Å²) in [5.41, 5.74) is -0.0852. The predicted octanol–water partition coefficient (Wildman–Crippen LogP) is -0.109. The van der Waals surface area contributed by atoms with Gasteiger partial charge in [-0.15, -0.1) is 0 Å². The number of hydrogen-bond donors (Lipinski definition) is 3. The van der Waals surface area contributed by atoms with Gasteiger partial charge in [0.25, 0.3) is 5.91 Å². The van der Waals surface area contributed by atoms with E-state index in [1.165, 1.54) is 12.1 Å². The van der Waals surface area contributed by atoms with E-state index in [1.807, 2.05) is 13.8 Å². The molecule has 0 aromatic heterocycles. The number of carbonyl (C=O) groups excluding carboxylic acids is 1. The van der Waals surface area contributed by atoms with Crippen molar-refractivity contribution in [2.24, 2.45) is 5.92 Å². The molecule has 0 spiro atoms. The average Bonchev–Trinajstić information content (AvgIpc) is 2.25. The van der Waals surface area contributed by atoms with Crippen molar-refractivity contribution in [2.75, 3.05) is 6.54 Å². The second kappa shape index (κ2) is 5.79. The lowest BCUT2D eigenvalue weighted by Crippen LogP contribution is -2.32. The van der Waals surface area contributed by atoms with Crippen LogP contribution in [0.4, 0.5) is 4.39 Å². The monoisotopic (exact) mass is 239 g/mol. The van der Waals surface area contributed by atoms with E-state index >= 15 is 0 Å². The Hall–Kier alpha value is -1.40. The normalized spacial score (nSPS) is 10.5. The molecule has 0 fully saturated rings. The number of carbonyl (C=O) groups is 1. The third kappa shape index (κ3) is 3.83. The molecule has 1 amide bonds. The highest BCUT2D eigenvalue weighted by atomic mass is 19.1. The lowest BCUT2D eigenvalue weighted by Gasteiger charge is -2.09. The van der Waals surface area contributed by atoms with Gasteiger partial charge in [-0.2, -0.15) is 0 Å². The van der Waals surface area contributed by atoms with Gasteiger partial charge >= 0.3 is 7.12 Å². The summed E-state index contributed by atoms with van der Waals surface area (Å²) in [6.45, 7) is 4.33. The SMILES string of the molecule is CC(C)CNC(=O)c1ccc(B(O)O)cc1F. The van der Waals surface area contributed by atoms with Crippen LogP contribution >= 0.6 is 0 Å². The molecule has 3 N–H and O–H groups in total. The third-order valence-corrected chi connectivity index (χ3v) is 2.21. The van der Waals surface area contributed by atoms with Crippen molar-refractivity contribution in [3.63, 3.8) is 0 Å². The van der Waals surface area contributed by atoms with Gasteiger partial charge in [-0.3, -0.25) is 4.79 Å². The Kier molecular flexibility index (Phi) is 4.66. The molecule has 92 valence electrons. The van der Waals surface area contributed by atoms with Crippen molar-refractivity contribution >= 4 is 18.5 Å². The van der Waals surface area contributed by atoms with Crippen molar-refractivity contribution in [1.29, 1.82) is 0 Å². The Balaban J connectivity index is 2.81. The molecular formula is C11H15BFNO3. The van der Waals surface area contributed by atoms with Crippen LogP contribution in [-0.4, -0.2) is 29.6 Å². The highest BCUT2D eigenvalue weighted by Crippen LogP contribution is 2.05. The molecule has 6 heteroatoms. The minimum atomic E-state index is -1.74. The van der Waals surface area contributed by atoms with Crippen LogP contribution in [0, 0.1) is 11.7 Å². The Labute approximate surface area is 99.6 Å². The number of rotatable bonds is 4. The lowest BCUT2D eigenvalue weighted by molar-refractivity contribution is 0.0945. The van der Waals surface area contributed by atoms with E-state index in [2.05, 4.69) is 5.32 Å². The molecule has 1 aromatic carbocycles. The summed E-state index contributed by atoms with van der Waals surface area (Å²) < 4.78 is 13.5. The van der Waals surface area contributed by atoms with E-state index in [0.717, 1.165) is 6.07 Å². The van der Waals surface area contributed by atoms with E-state index in [1.54, 1.807) is 0 Å². The molecular weight excluding hydrogens is 224 g/mol. The zero-order valence-electron chi connectivity index (χ0n) is 9.77. The maximum atomic E-state index is 13.5. The smallest absolute Gasteiger partial charge is 0.423 e. The first-order chi connectivity index (χ1) is 7.91. The van der Waals surface area contributed by atoms with Crippen molar-refractivity contribution < 1.29 is 19.2 Å². The molecule has 17 heavy (non-hydrogen) atoms. The van der Waals surface area contributed by atoms with Crippen LogP contribution in [-0.2, 0) is 0 Å². The first kappa shape index (κ1) is 13.7. The van der Waals surface area contributed by atoms with E-state index in [4.69, 9.17) is 10.0 Å². The Morgan fingerprint density at radius 1 is 1.47 bits per heavy atom. The van der Waals surface area contributed by atoms with Crippen LogP contribution in [0.1, 0.15) is 24.2 Å². The van der Waals surface area contributed by atoms with Gasteiger partial charge in [0.05, 0.1) is 5.56 Å². The maximum Gasteiger partial charge on any atom is 0.488 e. The first-order valence-corrected chi connectivity index (χ1v) is 5.35. The van der Waals surface area contributed by atoms with Crippen LogP contribution in [0.2, 0.25) is 0 Å². The fourth-order valence-corrected chi connectivity index (χ4v) is 1.27. The van der Waals surface area contributed by atoms with Gasteiger partial charge in [0, 0.05) is 6.54 Å². The lowest BCUT2D eigenvalue weighted by atomic mass is 9.80. The minimum Gasteiger partial charge on any atom is -0.423 e. The van der Waals surface area contributed by atoms with Crippen LogP contribution < -0.4 is 10.8 Å². The minimum absolute atomic E-state index is 0.0166. The molecule has 0 aliphatic heterocycles. The Bertz CT molecular complexity index is 410. The van der Waals surface area contributed by atoms with Gasteiger partial charge in [0.2, 0.25) is 0 Å². The standard InChI is InChI=1S/C11H15BFNO3/c1-7(2)6-14-11(15)9-4-3-8(12(16)17)5-10(9)13/h3-5,7,16-17H,6H2,1-2H3,(H,14,15). The molecule has 0 heterocycles. The van der Waals surface area contributed by atoms with E-state index < -0.39 is 18.8 Å². The molecule has 1 aromatic rings. The fourth-order valence-electron chi connectivity index (χ4n) is 1.27. The van der Waals surface area contributed by atoms with Gasteiger partial charge in [-0.1, -0.05) is 19.9 Å². The predicted molar refractivity (Wildman–Crippen MR) is 63.4 cm³/mol. The number of halogens is 1. The molecule has 0 saturated carbocycles. The zero-order valence-corrected chi connectivity index (χ0v) is 9.77. The van der Waals surface area contributed by atoms with Crippen LogP contribution in [0.5, 0.6) is 0 Å².